The predicted molar refractivity (Wildman–Crippen MR) is 90.4 cm³/mol. The first kappa shape index (κ1) is 18.6. The van der Waals surface area contributed by atoms with E-state index >= 15 is 0 Å². The highest BCUT2D eigenvalue weighted by atomic mass is 32.2. The van der Waals surface area contributed by atoms with E-state index in [2.05, 4.69) is 5.32 Å². The van der Waals surface area contributed by atoms with Gasteiger partial charge in [0.1, 0.15) is 5.69 Å². The highest BCUT2D eigenvalue weighted by molar-refractivity contribution is 7.89. The normalized spacial score (nSPS) is 19.2. The molecule has 0 saturated carbocycles. The maximum atomic E-state index is 12.7. The molecule has 24 heavy (non-hydrogen) atoms. The molecule has 2 N–H and O–H groups in total. The van der Waals surface area contributed by atoms with Gasteiger partial charge in [0.15, 0.2) is 0 Å². The van der Waals surface area contributed by atoms with Gasteiger partial charge in [0.05, 0.1) is 9.82 Å². The van der Waals surface area contributed by atoms with Crippen molar-refractivity contribution >= 4 is 21.4 Å². The van der Waals surface area contributed by atoms with Gasteiger partial charge in [0, 0.05) is 32.3 Å². The highest BCUT2D eigenvalue weighted by Gasteiger charge is 2.30. The quantitative estimate of drug-likeness (QED) is 0.437. The number of hydrogen-bond acceptors (Lipinski definition) is 6. The van der Waals surface area contributed by atoms with Gasteiger partial charge in [-0.05, 0) is 37.3 Å². The van der Waals surface area contributed by atoms with Crippen LogP contribution in [0.2, 0.25) is 0 Å². The number of nitrogens with zero attached hydrogens (tertiary/aromatic N) is 2. The Bertz CT molecular complexity index is 692. The number of benzene rings is 1. The molecule has 0 spiro atoms. The number of anilines is 1. The molecule has 0 aromatic heterocycles. The lowest BCUT2D eigenvalue weighted by molar-refractivity contribution is -0.384. The molecule has 1 saturated heterocycles. The molecular weight excluding hydrogens is 334 g/mol. The van der Waals surface area contributed by atoms with Crippen molar-refractivity contribution in [3.8, 4) is 0 Å². The lowest BCUT2D eigenvalue weighted by atomic mass is 10.0. The van der Waals surface area contributed by atoms with Gasteiger partial charge in [-0.15, -0.1) is 0 Å². The molecule has 0 unspecified atom stereocenters. The van der Waals surface area contributed by atoms with E-state index in [-0.39, 0.29) is 28.8 Å². The van der Waals surface area contributed by atoms with Gasteiger partial charge in [-0.3, -0.25) is 10.1 Å². The van der Waals surface area contributed by atoms with Crippen molar-refractivity contribution < 1.29 is 18.4 Å². The van der Waals surface area contributed by atoms with E-state index in [1.165, 1.54) is 16.4 Å². The topological polar surface area (TPSA) is 113 Å². The lowest BCUT2D eigenvalue weighted by Gasteiger charge is -2.30. The predicted octanol–water partition coefficient (Wildman–Crippen LogP) is 1.81. The second kappa shape index (κ2) is 7.91. The lowest BCUT2D eigenvalue weighted by Crippen LogP contribution is -2.39. The second-order valence-corrected chi connectivity index (χ2v) is 7.99. The van der Waals surface area contributed by atoms with E-state index in [1.807, 2.05) is 6.92 Å². The van der Waals surface area contributed by atoms with Crippen molar-refractivity contribution in [3.63, 3.8) is 0 Å². The van der Waals surface area contributed by atoms with Crippen LogP contribution >= 0.6 is 0 Å². The largest absolute Gasteiger partial charge is 0.396 e. The van der Waals surface area contributed by atoms with Crippen molar-refractivity contribution in [2.75, 3.05) is 31.6 Å². The minimum absolute atomic E-state index is 0.0274. The van der Waals surface area contributed by atoms with Crippen LogP contribution < -0.4 is 5.32 Å². The molecule has 0 bridgehead atoms. The van der Waals surface area contributed by atoms with Gasteiger partial charge in [0.2, 0.25) is 10.0 Å². The summed E-state index contributed by atoms with van der Waals surface area (Å²) in [6.45, 7) is 3.22. The fraction of sp³-hybridized carbons (Fsp3) is 0.600. The Morgan fingerprint density at radius 2 is 2.21 bits per heavy atom. The Hall–Kier alpha value is -1.71. The number of sulfonamides is 1. The van der Waals surface area contributed by atoms with Crippen molar-refractivity contribution in [1.29, 1.82) is 0 Å². The zero-order valence-corrected chi connectivity index (χ0v) is 14.5. The third kappa shape index (κ3) is 4.22. The van der Waals surface area contributed by atoms with Gasteiger partial charge >= 0.3 is 0 Å². The molecule has 1 aromatic carbocycles. The van der Waals surface area contributed by atoms with Gasteiger partial charge in [-0.1, -0.05) is 6.92 Å². The Labute approximate surface area is 141 Å². The zero-order chi connectivity index (χ0) is 17.7. The van der Waals surface area contributed by atoms with Gasteiger partial charge in [0.25, 0.3) is 5.69 Å². The monoisotopic (exact) mass is 357 g/mol. The Morgan fingerprint density at radius 3 is 2.83 bits per heavy atom. The van der Waals surface area contributed by atoms with E-state index < -0.39 is 14.9 Å². The maximum absolute atomic E-state index is 12.7. The number of aliphatic hydroxyl groups is 1. The first-order valence-corrected chi connectivity index (χ1v) is 9.43. The molecule has 0 amide bonds. The number of nitrogens with one attached hydrogen (secondary N) is 1. The summed E-state index contributed by atoms with van der Waals surface area (Å²) in [5, 5.41) is 22.9. The molecule has 1 heterocycles. The summed E-state index contributed by atoms with van der Waals surface area (Å²) >= 11 is 0. The molecule has 0 radical (unpaired) electrons. The van der Waals surface area contributed by atoms with Crippen LogP contribution in [0.3, 0.4) is 0 Å². The summed E-state index contributed by atoms with van der Waals surface area (Å²) in [5.41, 5.74) is -0.0292. The molecule has 1 aromatic rings. The van der Waals surface area contributed by atoms with E-state index in [0.717, 1.165) is 18.9 Å². The number of nitro benzene ring substituents is 1. The first-order chi connectivity index (χ1) is 11.4. The molecular formula is C15H23N3O5S. The van der Waals surface area contributed by atoms with E-state index in [0.29, 0.717) is 26.1 Å². The van der Waals surface area contributed by atoms with Crippen LogP contribution in [0.25, 0.3) is 0 Å². The SMILES string of the molecule is C[C@H]1CCCN(S(=O)(=O)c2ccc(NCCCO)c([N+](=O)[O-])c2)C1. The van der Waals surface area contributed by atoms with Crippen molar-refractivity contribution in [2.24, 2.45) is 5.92 Å². The molecule has 134 valence electrons. The van der Waals surface area contributed by atoms with Crippen molar-refractivity contribution in [2.45, 2.75) is 31.1 Å². The number of nitro groups is 1. The van der Waals surface area contributed by atoms with Crippen LogP contribution in [0, 0.1) is 16.0 Å². The highest BCUT2D eigenvalue weighted by Crippen LogP contribution is 2.30. The molecule has 2 rings (SSSR count). The minimum atomic E-state index is -3.73. The number of rotatable bonds is 7. The second-order valence-electron chi connectivity index (χ2n) is 6.05. The third-order valence-corrected chi connectivity index (χ3v) is 5.93. The number of aliphatic hydroxyl groups excluding tert-OH is 1. The standard InChI is InChI=1S/C15H23N3O5S/c1-12-4-2-8-17(11-12)24(22,23)13-5-6-14(16-7-3-9-19)15(10-13)18(20)21/h5-6,10,12,16,19H,2-4,7-9,11H2,1H3/t12-/m0/s1. The van der Waals surface area contributed by atoms with Gasteiger partial charge in [-0.25, -0.2) is 8.42 Å². The maximum Gasteiger partial charge on any atom is 0.293 e. The van der Waals surface area contributed by atoms with Crippen LogP contribution in [-0.4, -0.2) is 49.0 Å². The molecule has 9 heteroatoms. The van der Waals surface area contributed by atoms with Crippen LogP contribution in [-0.2, 0) is 10.0 Å². The fourth-order valence-electron chi connectivity index (χ4n) is 2.79. The summed E-state index contributed by atoms with van der Waals surface area (Å²) in [4.78, 5) is 10.6. The van der Waals surface area contributed by atoms with Gasteiger partial charge < -0.3 is 10.4 Å². The number of piperidine rings is 1. The molecule has 8 nitrogen and oxygen atoms in total. The Balaban J connectivity index is 2.29. The molecule has 1 atom stereocenters. The Morgan fingerprint density at radius 1 is 1.46 bits per heavy atom. The summed E-state index contributed by atoms with van der Waals surface area (Å²) in [6.07, 6.45) is 2.23. The van der Waals surface area contributed by atoms with Crippen LogP contribution in [0.15, 0.2) is 23.1 Å². The smallest absolute Gasteiger partial charge is 0.293 e. The van der Waals surface area contributed by atoms with Crippen LogP contribution in [0.1, 0.15) is 26.2 Å². The van der Waals surface area contributed by atoms with Crippen molar-refractivity contribution in [3.05, 3.63) is 28.3 Å². The molecule has 1 fully saturated rings. The van der Waals surface area contributed by atoms with Crippen LogP contribution in [0.5, 0.6) is 0 Å². The van der Waals surface area contributed by atoms with E-state index in [9.17, 15) is 18.5 Å². The minimum Gasteiger partial charge on any atom is -0.396 e. The molecule has 1 aliphatic heterocycles. The fourth-order valence-corrected chi connectivity index (χ4v) is 4.41. The number of hydrogen-bond donors (Lipinski definition) is 2. The zero-order valence-electron chi connectivity index (χ0n) is 13.6. The van der Waals surface area contributed by atoms with E-state index in [1.54, 1.807) is 0 Å². The summed E-state index contributed by atoms with van der Waals surface area (Å²) in [6, 6.07) is 3.91. The summed E-state index contributed by atoms with van der Waals surface area (Å²) in [7, 11) is -3.73. The van der Waals surface area contributed by atoms with Crippen LogP contribution in [0.4, 0.5) is 11.4 Å². The molecule has 0 aliphatic carbocycles. The van der Waals surface area contributed by atoms with Gasteiger partial charge in [-0.2, -0.15) is 4.31 Å². The average Bonchev–Trinajstić information content (AvgIpc) is 2.55. The summed E-state index contributed by atoms with van der Waals surface area (Å²) < 4.78 is 26.9. The average molecular weight is 357 g/mol. The van der Waals surface area contributed by atoms with E-state index in [4.69, 9.17) is 5.11 Å². The molecule has 1 aliphatic rings. The first-order valence-electron chi connectivity index (χ1n) is 7.99. The Kier molecular flexibility index (Phi) is 6.14. The third-order valence-electron chi connectivity index (χ3n) is 4.07. The van der Waals surface area contributed by atoms with Crippen molar-refractivity contribution in [1.82, 2.24) is 4.31 Å². The summed E-state index contributed by atoms with van der Waals surface area (Å²) in [5.74, 6) is 0.280.